The summed E-state index contributed by atoms with van der Waals surface area (Å²) in [5.41, 5.74) is 1.70. The summed E-state index contributed by atoms with van der Waals surface area (Å²) in [6.45, 7) is 0. The predicted molar refractivity (Wildman–Crippen MR) is 64.8 cm³/mol. The standard InChI is InChI=1S/C12H13ClN4/c13-12-16-9-5-14-6-15-11(9)17(12)10-4-7-1-2-8(10)3-7/h5-8,10H,1-4H2/t7-,8+,10+/m0/s1. The molecule has 0 unspecified atom stereocenters. The number of imidazole rings is 1. The van der Waals surface area contributed by atoms with Crippen molar-refractivity contribution >= 4 is 22.8 Å². The molecular weight excluding hydrogens is 236 g/mol. The molecule has 2 aromatic rings. The summed E-state index contributed by atoms with van der Waals surface area (Å²) in [6.07, 6.45) is 8.62. The lowest BCUT2D eigenvalue weighted by atomic mass is 9.95. The van der Waals surface area contributed by atoms with Crippen molar-refractivity contribution in [3.8, 4) is 0 Å². The van der Waals surface area contributed by atoms with Crippen molar-refractivity contribution in [2.75, 3.05) is 0 Å². The van der Waals surface area contributed by atoms with Gasteiger partial charge in [0.25, 0.3) is 0 Å². The van der Waals surface area contributed by atoms with E-state index in [1.165, 1.54) is 25.7 Å². The lowest BCUT2D eigenvalue weighted by molar-refractivity contribution is 0.335. The van der Waals surface area contributed by atoms with Crippen LogP contribution in [0.15, 0.2) is 12.5 Å². The highest BCUT2D eigenvalue weighted by Crippen LogP contribution is 2.51. The summed E-state index contributed by atoms with van der Waals surface area (Å²) in [6, 6.07) is 0.501. The van der Waals surface area contributed by atoms with Gasteiger partial charge in [-0.1, -0.05) is 6.42 Å². The van der Waals surface area contributed by atoms with E-state index >= 15 is 0 Å². The molecule has 0 aliphatic heterocycles. The largest absolute Gasteiger partial charge is 0.296 e. The van der Waals surface area contributed by atoms with E-state index in [-0.39, 0.29) is 0 Å². The Bertz CT molecular complexity index is 579. The van der Waals surface area contributed by atoms with Crippen LogP contribution < -0.4 is 0 Å². The Morgan fingerprint density at radius 1 is 1.29 bits per heavy atom. The maximum absolute atomic E-state index is 6.27. The number of halogens is 1. The molecule has 0 spiro atoms. The van der Waals surface area contributed by atoms with Gasteiger partial charge in [0.1, 0.15) is 11.8 Å². The van der Waals surface area contributed by atoms with Crippen LogP contribution in [-0.4, -0.2) is 19.5 Å². The van der Waals surface area contributed by atoms with Crippen molar-refractivity contribution in [2.45, 2.75) is 31.7 Å². The van der Waals surface area contributed by atoms with Gasteiger partial charge in [0.2, 0.25) is 5.28 Å². The number of nitrogens with zero attached hydrogens (tertiary/aromatic N) is 4. The van der Waals surface area contributed by atoms with Crippen LogP contribution in [0.3, 0.4) is 0 Å². The first kappa shape index (κ1) is 9.83. The number of aromatic nitrogens is 4. The topological polar surface area (TPSA) is 43.6 Å². The van der Waals surface area contributed by atoms with E-state index in [1.807, 2.05) is 0 Å². The van der Waals surface area contributed by atoms with Crippen LogP contribution in [0.1, 0.15) is 31.7 Å². The Morgan fingerprint density at radius 3 is 3.00 bits per heavy atom. The van der Waals surface area contributed by atoms with Gasteiger partial charge in [-0.15, -0.1) is 0 Å². The first-order valence-electron chi connectivity index (χ1n) is 6.16. The lowest BCUT2D eigenvalue weighted by Crippen LogP contribution is -2.16. The van der Waals surface area contributed by atoms with Crippen LogP contribution in [0.25, 0.3) is 11.2 Å². The third-order valence-corrected chi connectivity index (χ3v) is 4.61. The van der Waals surface area contributed by atoms with Crippen molar-refractivity contribution in [1.82, 2.24) is 19.5 Å². The molecule has 2 bridgehead atoms. The van der Waals surface area contributed by atoms with Gasteiger partial charge in [-0.2, -0.15) is 0 Å². The minimum Gasteiger partial charge on any atom is -0.296 e. The van der Waals surface area contributed by atoms with Gasteiger partial charge in [0, 0.05) is 6.04 Å². The molecule has 2 aliphatic rings. The molecular formula is C12H13ClN4. The second-order valence-corrected chi connectivity index (χ2v) is 5.56. The molecule has 2 fully saturated rings. The first-order valence-corrected chi connectivity index (χ1v) is 6.54. The average molecular weight is 249 g/mol. The molecule has 88 valence electrons. The van der Waals surface area contributed by atoms with Gasteiger partial charge < -0.3 is 0 Å². The lowest BCUT2D eigenvalue weighted by Gasteiger charge is -2.23. The van der Waals surface area contributed by atoms with Crippen molar-refractivity contribution in [2.24, 2.45) is 11.8 Å². The number of hydrogen-bond acceptors (Lipinski definition) is 3. The fourth-order valence-corrected chi connectivity index (χ4v) is 3.94. The molecule has 2 saturated carbocycles. The molecule has 0 aromatic carbocycles. The van der Waals surface area contributed by atoms with Crippen LogP contribution in [0.5, 0.6) is 0 Å². The van der Waals surface area contributed by atoms with Gasteiger partial charge in [-0.25, -0.2) is 15.0 Å². The number of hydrogen-bond donors (Lipinski definition) is 0. The van der Waals surface area contributed by atoms with E-state index in [4.69, 9.17) is 11.6 Å². The van der Waals surface area contributed by atoms with Gasteiger partial charge in [0.15, 0.2) is 5.65 Å². The Morgan fingerprint density at radius 2 is 2.24 bits per heavy atom. The van der Waals surface area contributed by atoms with E-state index in [0.29, 0.717) is 11.3 Å². The molecule has 4 rings (SSSR count). The molecule has 5 heteroatoms. The Balaban J connectivity index is 1.87. The zero-order valence-corrected chi connectivity index (χ0v) is 10.1. The zero-order valence-electron chi connectivity index (χ0n) is 9.38. The van der Waals surface area contributed by atoms with Crippen molar-refractivity contribution in [3.63, 3.8) is 0 Å². The van der Waals surface area contributed by atoms with Crippen LogP contribution in [0.4, 0.5) is 0 Å². The van der Waals surface area contributed by atoms with Crippen molar-refractivity contribution in [3.05, 3.63) is 17.8 Å². The number of fused-ring (bicyclic) bond motifs is 3. The summed E-state index contributed by atoms with van der Waals surface area (Å²) in [5, 5.41) is 0.568. The minimum atomic E-state index is 0.501. The van der Waals surface area contributed by atoms with Crippen molar-refractivity contribution in [1.29, 1.82) is 0 Å². The normalized spacial score (nSPS) is 31.5. The van der Waals surface area contributed by atoms with Gasteiger partial charge >= 0.3 is 0 Å². The molecule has 3 atom stereocenters. The third-order valence-electron chi connectivity index (χ3n) is 4.34. The predicted octanol–water partition coefficient (Wildman–Crippen LogP) is 2.84. The minimum absolute atomic E-state index is 0.501. The third kappa shape index (κ3) is 1.33. The van der Waals surface area contributed by atoms with Crippen LogP contribution in [-0.2, 0) is 0 Å². The molecule has 0 radical (unpaired) electrons. The Hall–Kier alpha value is -1.16. The second kappa shape index (κ2) is 3.42. The quantitative estimate of drug-likeness (QED) is 0.729. The molecule has 0 N–H and O–H groups in total. The molecule has 0 saturated heterocycles. The molecule has 0 amide bonds. The van der Waals surface area contributed by atoms with E-state index in [1.54, 1.807) is 12.5 Å². The SMILES string of the molecule is Clc1nc2cncnc2n1[C@@H]1C[C@H]2CC[C@@H]1C2. The van der Waals surface area contributed by atoms with Crippen LogP contribution in [0, 0.1) is 11.8 Å². The van der Waals surface area contributed by atoms with Crippen molar-refractivity contribution < 1.29 is 0 Å². The highest BCUT2D eigenvalue weighted by molar-refractivity contribution is 6.29. The number of rotatable bonds is 1. The summed E-state index contributed by atoms with van der Waals surface area (Å²) >= 11 is 6.27. The average Bonchev–Trinajstić information content (AvgIpc) is 2.99. The Kier molecular flexibility index (Phi) is 1.98. The van der Waals surface area contributed by atoms with E-state index in [0.717, 1.165) is 23.0 Å². The highest BCUT2D eigenvalue weighted by Gasteiger charge is 2.41. The summed E-state index contributed by atoms with van der Waals surface area (Å²) in [4.78, 5) is 12.7. The van der Waals surface area contributed by atoms with Crippen LogP contribution >= 0.6 is 11.6 Å². The Labute approximate surface area is 104 Å². The molecule has 2 aliphatic carbocycles. The monoisotopic (exact) mass is 248 g/mol. The maximum Gasteiger partial charge on any atom is 0.205 e. The van der Waals surface area contributed by atoms with Gasteiger partial charge in [-0.3, -0.25) is 4.57 Å². The smallest absolute Gasteiger partial charge is 0.205 e. The fraction of sp³-hybridized carbons (Fsp3) is 0.583. The van der Waals surface area contributed by atoms with Crippen LogP contribution in [0.2, 0.25) is 5.28 Å². The fourth-order valence-electron chi connectivity index (χ4n) is 3.64. The molecule has 4 nitrogen and oxygen atoms in total. The van der Waals surface area contributed by atoms with Gasteiger partial charge in [0.05, 0.1) is 6.20 Å². The second-order valence-electron chi connectivity index (χ2n) is 5.22. The molecule has 17 heavy (non-hydrogen) atoms. The summed E-state index contributed by atoms with van der Waals surface area (Å²) < 4.78 is 2.13. The molecule has 2 aromatic heterocycles. The molecule has 2 heterocycles. The summed E-state index contributed by atoms with van der Waals surface area (Å²) in [5.74, 6) is 1.66. The van der Waals surface area contributed by atoms with E-state index in [9.17, 15) is 0 Å². The van der Waals surface area contributed by atoms with E-state index in [2.05, 4.69) is 19.5 Å². The van der Waals surface area contributed by atoms with Gasteiger partial charge in [-0.05, 0) is 42.7 Å². The first-order chi connectivity index (χ1) is 8.33. The maximum atomic E-state index is 6.27. The highest BCUT2D eigenvalue weighted by atomic mass is 35.5. The zero-order chi connectivity index (χ0) is 11.4. The summed E-state index contributed by atoms with van der Waals surface area (Å²) in [7, 11) is 0. The van der Waals surface area contributed by atoms with E-state index < -0.39 is 0 Å².